The lowest BCUT2D eigenvalue weighted by Crippen LogP contribution is -2.56. The maximum Gasteiger partial charge on any atom is 0.248 e. The number of ether oxygens (including phenoxy) is 1. The van der Waals surface area contributed by atoms with E-state index in [1.165, 1.54) is 0 Å². The summed E-state index contributed by atoms with van der Waals surface area (Å²) in [7, 11) is 0. The van der Waals surface area contributed by atoms with E-state index < -0.39 is 0 Å². The molecule has 4 rings (SSSR count). The van der Waals surface area contributed by atoms with Gasteiger partial charge in [0.1, 0.15) is 6.61 Å². The van der Waals surface area contributed by atoms with Crippen molar-refractivity contribution in [3.8, 4) is 0 Å². The van der Waals surface area contributed by atoms with Gasteiger partial charge in [-0.3, -0.25) is 14.5 Å². The molecule has 2 saturated heterocycles. The van der Waals surface area contributed by atoms with Crippen molar-refractivity contribution >= 4 is 11.8 Å². The highest BCUT2D eigenvalue weighted by Gasteiger charge is 2.37. The van der Waals surface area contributed by atoms with E-state index in [4.69, 9.17) is 4.74 Å². The molecule has 1 unspecified atom stereocenters. The third kappa shape index (κ3) is 5.07. The minimum absolute atomic E-state index is 0.000585. The first-order chi connectivity index (χ1) is 14.7. The highest BCUT2D eigenvalue weighted by atomic mass is 16.5. The summed E-state index contributed by atoms with van der Waals surface area (Å²) < 4.78 is 5.62. The minimum Gasteiger partial charge on any atom is -0.367 e. The molecule has 158 valence electrons. The van der Waals surface area contributed by atoms with Crippen LogP contribution in [0.25, 0.3) is 0 Å². The molecule has 2 aromatic carbocycles. The number of carbonyl (C=O) groups excluding carboxylic acids is 2. The van der Waals surface area contributed by atoms with Crippen molar-refractivity contribution in [2.24, 2.45) is 0 Å². The predicted octanol–water partition coefficient (Wildman–Crippen LogP) is 2.15. The summed E-state index contributed by atoms with van der Waals surface area (Å²) in [5, 5.41) is 0. The first-order valence-corrected chi connectivity index (χ1v) is 10.7. The van der Waals surface area contributed by atoms with Gasteiger partial charge in [-0.05, 0) is 17.5 Å². The Kier molecular flexibility index (Phi) is 6.77. The normalized spacial score (nSPS) is 20.0. The first kappa shape index (κ1) is 20.6. The smallest absolute Gasteiger partial charge is 0.248 e. The number of hydrogen-bond acceptors (Lipinski definition) is 4. The monoisotopic (exact) mass is 407 g/mol. The van der Waals surface area contributed by atoms with Crippen LogP contribution in [0, 0.1) is 0 Å². The predicted molar refractivity (Wildman–Crippen MR) is 115 cm³/mol. The molecular formula is C24H29N3O3. The molecule has 2 fully saturated rings. The average molecular weight is 408 g/mol. The van der Waals surface area contributed by atoms with Crippen molar-refractivity contribution in [3.05, 3.63) is 71.8 Å². The van der Waals surface area contributed by atoms with E-state index in [0.29, 0.717) is 32.7 Å². The van der Waals surface area contributed by atoms with Gasteiger partial charge in [0.15, 0.2) is 0 Å². The number of benzene rings is 2. The minimum atomic E-state index is -0.134. The van der Waals surface area contributed by atoms with Crippen LogP contribution in [0.3, 0.4) is 0 Å². The van der Waals surface area contributed by atoms with E-state index in [9.17, 15) is 9.59 Å². The van der Waals surface area contributed by atoms with Gasteiger partial charge < -0.3 is 14.5 Å². The van der Waals surface area contributed by atoms with Crippen molar-refractivity contribution in [1.82, 2.24) is 14.7 Å². The highest BCUT2D eigenvalue weighted by Crippen LogP contribution is 2.20. The fraction of sp³-hybridized carbons (Fsp3) is 0.417. The van der Waals surface area contributed by atoms with Crippen LogP contribution >= 0.6 is 0 Å². The molecule has 1 atom stereocenters. The van der Waals surface area contributed by atoms with Crippen LogP contribution in [0.2, 0.25) is 0 Å². The SMILES string of the molecule is O=C(COCc1ccccc1)N1CCC2C(=O)N(Cc3ccccc3)CCN2CC1. The van der Waals surface area contributed by atoms with E-state index in [-0.39, 0.29) is 24.5 Å². The van der Waals surface area contributed by atoms with E-state index >= 15 is 0 Å². The van der Waals surface area contributed by atoms with Crippen molar-refractivity contribution in [1.29, 1.82) is 0 Å². The molecule has 0 aliphatic carbocycles. The Hall–Kier alpha value is -2.70. The fourth-order valence-electron chi connectivity index (χ4n) is 4.23. The fourth-order valence-corrected chi connectivity index (χ4v) is 4.23. The Bertz CT molecular complexity index is 843. The average Bonchev–Trinajstić information content (AvgIpc) is 3.00. The van der Waals surface area contributed by atoms with E-state index in [1.54, 1.807) is 0 Å². The van der Waals surface area contributed by atoms with Crippen molar-refractivity contribution in [2.75, 3.05) is 39.3 Å². The molecule has 0 saturated carbocycles. The summed E-state index contributed by atoms with van der Waals surface area (Å²) in [6.07, 6.45) is 0.675. The van der Waals surface area contributed by atoms with Crippen LogP contribution in [0.15, 0.2) is 60.7 Å². The van der Waals surface area contributed by atoms with E-state index in [2.05, 4.69) is 17.0 Å². The summed E-state index contributed by atoms with van der Waals surface area (Å²) in [5.41, 5.74) is 2.21. The molecule has 2 aliphatic rings. The molecule has 6 heteroatoms. The van der Waals surface area contributed by atoms with Gasteiger partial charge in [0, 0.05) is 39.3 Å². The van der Waals surface area contributed by atoms with Gasteiger partial charge in [-0.2, -0.15) is 0 Å². The molecular weight excluding hydrogens is 378 g/mol. The number of fused-ring (bicyclic) bond motifs is 1. The van der Waals surface area contributed by atoms with Crippen LogP contribution in [0.1, 0.15) is 17.5 Å². The third-order valence-electron chi connectivity index (χ3n) is 5.93. The maximum atomic E-state index is 13.1. The van der Waals surface area contributed by atoms with Crippen LogP contribution in [0.5, 0.6) is 0 Å². The molecule has 0 spiro atoms. The molecule has 0 bridgehead atoms. The Balaban J connectivity index is 1.28. The van der Waals surface area contributed by atoms with Crippen molar-refractivity contribution in [2.45, 2.75) is 25.6 Å². The second-order valence-electron chi connectivity index (χ2n) is 7.95. The molecule has 2 aromatic rings. The van der Waals surface area contributed by atoms with E-state index in [1.807, 2.05) is 58.3 Å². The lowest BCUT2D eigenvalue weighted by molar-refractivity contribution is -0.142. The quantitative estimate of drug-likeness (QED) is 0.736. The van der Waals surface area contributed by atoms with Gasteiger partial charge in [0.05, 0.1) is 12.6 Å². The largest absolute Gasteiger partial charge is 0.367 e. The number of carbonyl (C=O) groups is 2. The van der Waals surface area contributed by atoms with Crippen LogP contribution in [-0.2, 0) is 27.5 Å². The van der Waals surface area contributed by atoms with Crippen LogP contribution in [0.4, 0.5) is 0 Å². The molecule has 0 N–H and O–H groups in total. The summed E-state index contributed by atoms with van der Waals surface area (Å²) in [5.74, 6) is 0.180. The molecule has 2 amide bonds. The zero-order valence-corrected chi connectivity index (χ0v) is 17.3. The lowest BCUT2D eigenvalue weighted by Gasteiger charge is -2.39. The second kappa shape index (κ2) is 9.87. The highest BCUT2D eigenvalue weighted by molar-refractivity contribution is 5.83. The van der Waals surface area contributed by atoms with Crippen molar-refractivity contribution in [3.63, 3.8) is 0 Å². The Morgan fingerprint density at radius 2 is 1.53 bits per heavy atom. The zero-order valence-electron chi connectivity index (χ0n) is 17.3. The van der Waals surface area contributed by atoms with Gasteiger partial charge in [0.2, 0.25) is 11.8 Å². The molecule has 6 nitrogen and oxygen atoms in total. The van der Waals surface area contributed by atoms with Gasteiger partial charge in [-0.25, -0.2) is 0 Å². The third-order valence-corrected chi connectivity index (χ3v) is 5.93. The Morgan fingerprint density at radius 1 is 0.867 bits per heavy atom. The summed E-state index contributed by atoms with van der Waals surface area (Å²) >= 11 is 0. The molecule has 2 heterocycles. The number of rotatable bonds is 6. The Labute approximate surface area is 178 Å². The van der Waals surface area contributed by atoms with Gasteiger partial charge in [-0.15, -0.1) is 0 Å². The number of amides is 2. The van der Waals surface area contributed by atoms with Gasteiger partial charge in [0.25, 0.3) is 0 Å². The maximum absolute atomic E-state index is 13.1. The lowest BCUT2D eigenvalue weighted by atomic mass is 10.1. The number of piperazine rings is 1. The zero-order chi connectivity index (χ0) is 20.8. The molecule has 30 heavy (non-hydrogen) atoms. The summed E-state index contributed by atoms with van der Waals surface area (Å²) in [6.45, 7) is 4.74. The summed E-state index contributed by atoms with van der Waals surface area (Å²) in [4.78, 5) is 31.7. The topological polar surface area (TPSA) is 53.1 Å². The number of nitrogens with zero attached hydrogens (tertiary/aromatic N) is 3. The number of hydrogen-bond donors (Lipinski definition) is 0. The molecule has 0 radical (unpaired) electrons. The van der Waals surface area contributed by atoms with Crippen LogP contribution < -0.4 is 0 Å². The first-order valence-electron chi connectivity index (χ1n) is 10.7. The van der Waals surface area contributed by atoms with Crippen molar-refractivity contribution < 1.29 is 14.3 Å². The Morgan fingerprint density at radius 3 is 2.27 bits per heavy atom. The second-order valence-corrected chi connectivity index (χ2v) is 7.95. The van der Waals surface area contributed by atoms with Gasteiger partial charge >= 0.3 is 0 Å². The summed E-state index contributed by atoms with van der Waals surface area (Å²) in [6, 6.07) is 19.8. The molecule has 2 aliphatic heterocycles. The van der Waals surface area contributed by atoms with Gasteiger partial charge in [-0.1, -0.05) is 60.7 Å². The van der Waals surface area contributed by atoms with E-state index in [0.717, 1.165) is 30.8 Å². The molecule has 0 aromatic heterocycles. The standard InChI is InChI=1S/C24H29N3O3/c28-23(19-30-18-21-9-5-2-6-10-21)26-12-11-22-24(29)27(16-14-25(22)13-15-26)17-20-7-3-1-4-8-20/h1-10,22H,11-19H2. The van der Waals surface area contributed by atoms with Crippen LogP contribution in [-0.4, -0.2) is 71.9 Å².